The molecule has 1 aliphatic rings. The topological polar surface area (TPSA) is 175 Å². The Morgan fingerprint density at radius 1 is 0.886 bits per heavy atom. The number of nitrogens with one attached hydrogen (secondary N) is 2. The maximum absolute atomic E-state index is 13.0. The van der Waals surface area contributed by atoms with Crippen molar-refractivity contribution in [3.8, 4) is 0 Å². The van der Waals surface area contributed by atoms with Gasteiger partial charge in [-0.1, -0.05) is 54.6 Å². The summed E-state index contributed by atoms with van der Waals surface area (Å²) >= 11 is 0. The summed E-state index contributed by atoms with van der Waals surface area (Å²) in [4.78, 5) is 62.0. The van der Waals surface area contributed by atoms with Crippen LogP contribution in [0.1, 0.15) is 37.3 Å². The van der Waals surface area contributed by atoms with Crippen molar-refractivity contribution in [2.24, 2.45) is 0 Å². The van der Waals surface area contributed by atoms with E-state index in [9.17, 15) is 24.3 Å². The summed E-state index contributed by atoms with van der Waals surface area (Å²) in [6.07, 6.45) is -3.91. The van der Waals surface area contributed by atoms with E-state index in [4.69, 9.17) is 14.2 Å². The first-order valence-corrected chi connectivity index (χ1v) is 13.5. The van der Waals surface area contributed by atoms with E-state index in [-0.39, 0.29) is 29.3 Å². The summed E-state index contributed by atoms with van der Waals surface area (Å²) in [5.41, 5.74) is 0.128. The van der Waals surface area contributed by atoms with Crippen LogP contribution in [-0.4, -0.2) is 67.4 Å². The Bertz CT molecular complexity index is 1860. The normalized spacial score (nSPS) is 19.4. The number of aliphatic hydroxyl groups excluding tert-OH is 1. The second kappa shape index (κ2) is 12.3. The lowest BCUT2D eigenvalue weighted by Crippen LogP contribution is -2.38. The van der Waals surface area contributed by atoms with Crippen LogP contribution >= 0.6 is 0 Å². The van der Waals surface area contributed by atoms with E-state index in [1.165, 1.54) is 10.9 Å². The Morgan fingerprint density at radius 3 is 2.11 bits per heavy atom. The average Bonchev–Trinajstić information content (AvgIpc) is 3.61. The number of hydrogen-bond acceptors (Lipinski definition) is 10. The number of esters is 2. The van der Waals surface area contributed by atoms with Gasteiger partial charge < -0.3 is 19.3 Å². The molecule has 3 heterocycles. The molecule has 3 N–H and O–H groups in total. The molecular weight excluding hydrogens is 570 g/mol. The van der Waals surface area contributed by atoms with E-state index in [2.05, 4.69) is 20.3 Å². The molecule has 3 aromatic carbocycles. The number of aromatic nitrogens is 4. The molecule has 0 spiro atoms. The van der Waals surface area contributed by atoms with Crippen LogP contribution in [0.5, 0.6) is 0 Å². The van der Waals surface area contributed by atoms with Crippen molar-refractivity contribution in [1.29, 1.82) is 0 Å². The number of aromatic amines is 1. The predicted molar refractivity (Wildman–Crippen MR) is 155 cm³/mol. The molecule has 5 aromatic rings. The van der Waals surface area contributed by atoms with Crippen LogP contribution in [0, 0.1) is 0 Å². The van der Waals surface area contributed by atoms with Crippen LogP contribution in [0.4, 0.5) is 5.95 Å². The van der Waals surface area contributed by atoms with Gasteiger partial charge in [0.1, 0.15) is 18.8 Å². The van der Waals surface area contributed by atoms with Crippen molar-refractivity contribution in [2.75, 3.05) is 11.9 Å². The lowest BCUT2D eigenvalue weighted by molar-refractivity contribution is -0.0585. The summed E-state index contributed by atoms with van der Waals surface area (Å²) in [6.45, 7) is -0.368. The SMILES string of the molecule is O=C(Nc1nc2c(ncn2[C@@H]2O[C@H](COC(=O)c3ccccc3)[C@@H](OC(=O)c3ccccc3)[C@H]2O)c(=O)[nH]1)c1ccccc1. The van der Waals surface area contributed by atoms with Crippen LogP contribution in [0.15, 0.2) is 102 Å². The van der Waals surface area contributed by atoms with Crippen molar-refractivity contribution >= 4 is 35.0 Å². The van der Waals surface area contributed by atoms with E-state index in [0.29, 0.717) is 11.1 Å². The summed E-state index contributed by atoms with van der Waals surface area (Å²) in [6, 6.07) is 24.8. The van der Waals surface area contributed by atoms with Gasteiger partial charge in [0.25, 0.3) is 11.5 Å². The van der Waals surface area contributed by atoms with Crippen molar-refractivity contribution in [1.82, 2.24) is 19.5 Å². The molecule has 0 bridgehead atoms. The zero-order valence-electron chi connectivity index (χ0n) is 22.9. The molecule has 6 rings (SSSR count). The van der Waals surface area contributed by atoms with Gasteiger partial charge in [-0.15, -0.1) is 0 Å². The number of ether oxygens (including phenoxy) is 3. The Labute approximate surface area is 249 Å². The third-order valence-electron chi connectivity index (χ3n) is 6.92. The van der Waals surface area contributed by atoms with Crippen LogP contribution < -0.4 is 10.9 Å². The Morgan fingerprint density at radius 2 is 1.48 bits per heavy atom. The average molecular weight is 596 g/mol. The minimum absolute atomic E-state index is 0.0174. The molecule has 0 aliphatic carbocycles. The summed E-state index contributed by atoms with van der Waals surface area (Å²) < 4.78 is 18.5. The van der Waals surface area contributed by atoms with Gasteiger partial charge in [-0.2, -0.15) is 4.98 Å². The third kappa shape index (κ3) is 5.82. The van der Waals surface area contributed by atoms with E-state index in [1.807, 2.05) is 0 Å². The Kier molecular flexibility index (Phi) is 7.95. The zero-order chi connectivity index (χ0) is 30.6. The molecule has 1 fully saturated rings. The number of amides is 1. The summed E-state index contributed by atoms with van der Waals surface area (Å²) in [5.74, 6) is -2.04. The Hall–Kier alpha value is -5.66. The number of nitrogens with zero attached hydrogens (tertiary/aromatic N) is 3. The Balaban J connectivity index is 1.28. The molecule has 1 aliphatic heterocycles. The fourth-order valence-electron chi connectivity index (χ4n) is 4.75. The first-order chi connectivity index (χ1) is 21.4. The maximum Gasteiger partial charge on any atom is 0.338 e. The number of imidazole rings is 1. The molecule has 1 saturated heterocycles. The highest BCUT2D eigenvalue weighted by Gasteiger charge is 2.48. The van der Waals surface area contributed by atoms with Crippen molar-refractivity contribution in [3.63, 3.8) is 0 Å². The number of benzene rings is 3. The monoisotopic (exact) mass is 595 g/mol. The van der Waals surface area contributed by atoms with Crippen molar-refractivity contribution in [3.05, 3.63) is 124 Å². The molecule has 2 aromatic heterocycles. The van der Waals surface area contributed by atoms with Gasteiger partial charge in [-0.3, -0.25) is 24.5 Å². The summed E-state index contributed by atoms with van der Waals surface area (Å²) in [5, 5.41) is 13.9. The molecule has 222 valence electrons. The largest absolute Gasteiger partial charge is 0.459 e. The van der Waals surface area contributed by atoms with Gasteiger partial charge in [0, 0.05) is 5.56 Å². The fourth-order valence-corrected chi connectivity index (χ4v) is 4.75. The van der Waals surface area contributed by atoms with E-state index < -0.39 is 47.9 Å². The first-order valence-electron chi connectivity index (χ1n) is 13.5. The molecule has 0 unspecified atom stereocenters. The molecule has 13 nitrogen and oxygen atoms in total. The number of carbonyl (C=O) groups is 3. The van der Waals surface area contributed by atoms with Gasteiger partial charge >= 0.3 is 11.9 Å². The number of hydrogen-bond donors (Lipinski definition) is 3. The molecule has 0 saturated carbocycles. The summed E-state index contributed by atoms with van der Waals surface area (Å²) in [7, 11) is 0. The minimum Gasteiger partial charge on any atom is -0.459 e. The van der Waals surface area contributed by atoms with Crippen LogP contribution in [-0.2, 0) is 14.2 Å². The molecule has 4 atom stereocenters. The van der Waals surface area contributed by atoms with Gasteiger partial charge in [-0.25, -0.2) is 14.6 Å². The van der Waals surface area contributed by atoms with E-state index in [1.54, 1.807) is 91.0 Å². The number of H-pyrrole nitrogens is 1. The molecule has 13 heteroatoms. The number of aliphatic hydroxyl groups is 1. The van der Waals surface area contributed by atoms with Crippen molar-refractivity contribution in [2.45, 2.75) is 24.5 Å². The standard InChI is InChI=1S/C31H25N5O8/c37-23-24(44-30(41)20-14-8-3-9-15-20)21(16-42-29(40)19-12-6-2-7-13-19)43-28(23)36-17-32-22-25(36)33-31(35-27(22)39)34-26(38)18-10-4-1-5-11-18/h1-15,17,21,23-24,28,37H,16H2,(H2,33,34,35,38,39)/t21-,23-,24-,28-/m1/s1. The van der Waals surface area contributed by atoms with E-state index in [0.717, 1.165) is 0 Å². The number of rotatable bonds is 8. The maximum atomic E-state index is 13.0. The van der Waals surface area contributed by atoms with Crippen LogP contribution in [0.25, 0.3) is 11.2 Å². The number of carbonyl (C=O) groups excluding carboxylic acids is 3. The quantitative estimate of drug-likeness (QED) is 0.226. The van der Waals surface area contributed by atoms with E-state index >= 15 is 0 Å². The highest BCUT2D eigenvalue weighted by Crippen LogP contribution is 2.34. The fraction of sp³-hybridized carbons (Fsp3) is 0.161. The van der Waals surface area contributed by atoms with Gasteiger partial charge in [0.2, 0.25) is 5.95 Å². The number of fused-ring (bicyclic) bond motifs is 1. The second-order valence-corrected chi connectivity index (χ2v) is 9.81. The third-order valence-corrected chi connectivity index (χ3v) is 6.92. The predicted octanol–water partition coefficient (Wildman–Crippen LogP) is 2.71. The lowest BCUT2D eigenvalue weighted by Gasteiger charge is -2.20. The van der Waals surface area contributed by atoms with Crippen LogP contribution in [0.3, 0.4) is 0 Å². The smallest absolute Gasteiger partial charge is 0.338 e. The van der Waals surface area contributed by atoms with Crippen LogP contribution in [0.2, 0.25) is 0 Å². The van der Waals surface area contributed by atoms with Gasteiger partial charge in [-0.05, 0) is 36.4 Å². The molecular formula is C31H25N5O8. The highest BCUT2D eigenvalue weighted by atomic mass is 16.6. The van der Waals surface area contributed by atoms with Crippen molar-refractivity contribution < 1.29 is 33.7 Å². The first kappa shape index (κ1) is 28.5. The lowest BCUT2D eigenvalue weighted by atomic mass is 10.1. The molecule has 0 radical (unpaired) electrons. The number of anilines is 1. The highest BCUT2D eigenvalue weighted by molar-refractivity contribution is 6.03. The van der Waals surface area contributed by atoms with Gasteiger partial charge in [0.05, 0.1) is 17.5 Å². The zero-order valence-corrected chi connectivity index (χ0v) is 22.9. The van der Waals surface area contributed by atoms with Gasteiger partial charge in [0.15, 0.2) is 23.5 Å². The second-order valence-electron chi connectivity index (χ2n) is 9.81. The molecule has 44 heavy (non-hydrogen) atoms. The molecule has 1 amide bonds. The minimum atomic E-state index is -1.50.